The van der Waals surface area contributed by atoms with E-state index in [1.54, 1.807) is 10.5 Å². The Morgan fingerprint density at radius 2 is 1.74 bits per heavy atom. The molecule has 0 saturated carbocycles. The highest BCUT2D eigenvalue weighted by Gasteiger charge is 2.23. The minimum Gasteiger partial charge on any atom is -0.268 e. The molecule has 124 valence electrons. The van der Waals surface area contributed by atoms with Crippen LogP contribution in [0.25, 0.3) is 0 Å². The third-order valence-corrected chi connectivity index (χ3v) is 5.59. The number of piperidine rings is 1. The maximum atomic E-state index is 12.2. The third kappa shape index (κ3) is 4.40. The summed E-state index contributed by atoms with van der Waals surface area (Å²) >= 11 is 0. The first kappa shape index (κ1) is 16.2. The van der Waals surface area contributed by atoms with Crippen molar-refractivity contribution in [2.75, 3.05) is 13.1 Å². The molecule has 1 aromatic carbocycles. The fourth-order valence-electron chi connectivity index (χ4n) is 2.71. The molecule has 0 unspecified atom stereocenters. The van der Waals surface area contributed by atoms with E-state index in [9.17, 15) is 8.42 Å². The van der Waals surface area contributed by atoms with Crippen molar-refractivity contribution in [2.45, 2.75) is 32.4 Å². The van der Waals surface area contributed by atoms with Gasteiger partial charge in [0.25, 0.3) is 10.2 Å². The summed E-state index contributed by atoms with van der Waals surface area (Å²) < 4.78 is 30.6. The first-order chi connectivity index (χ1) is 11.1. The van der Waals surface area contributed by atoms with Crippen LogP contribution >= 0.6 is 0 Å². The van der Waals surface area contributed by atoms with Crippen LogP contribution in [-0.4, -0.2) is 35.6 Å². The lowest BCUT2D eigenvalue weighted by molar-refractivity contribution is 0.341. The number of nitrogens with zero attached hydrogens (tertiary/aromatic N) is 3. The molecule has 7 heteroatoms. The molecule has 0 aliphatic carbocycles. The van der Waals surface area contributed by atoms with Gasteiger partial charge in [0.05, 0.1) is 6.54 Å². The normalized spacial score (nSPS) is 16.5. The van der Waals surface area contributed by atoms with Gasteiger partial charge >= 0.3 is 0 Å². The molecule has 23 heavy (non-hydrogen) atoms. The lowest BCUT2D eigenvalue weighted by atomic mass is 10.1. The predicted molar refractivity (Wildman–Crippen MR) is 89.0 cm³/mol. The van der Waals surface area contributed by atoms with Crippen molar-refractivity contribution >= 4 is 10.2 Å². The summed E-state index contributed by atoms with van der Waals surface area (Å²) in [6.07, 6.45) is 6.68. The second-order valence-electron chi connectivity index (χ2n) is 5.81. The Bertz CT molecular complexity index is 705. The summed E-state index contributed by atoms with van der Waals surface area (Å²) in [5, 5.41) is 4.17. The molecule has 0 amide bonds. The molecule has 3 rings (SSSR count). The van der Waals surface area contributed by atoms with Crippen LogP contribution in [0.5, 0.6) is 0 Å². The Hall–Kier alpha value is -1.70. The number of hydrogen-bond donors (Lipinski definition) is 1. The fourth-order valence-corrected chi connectivity index (χ4v) is 3.99. The van der Waals surface area contributed by atoms with Crippen molar-refractivity contribution in [1.29, 1.82) is 0 Å². The van der Waals surface area contributed by atoms with Crippen molar-refractivity contribution in [3.63, 3.8) is 0 Å². The number of nitrogens with one attached hydrogen (secondary N) is 1. The van der Waals surface area contributed by atoms with Crippen LogP contribution in [0.2, 0.25) is 0 Å². The van der Waals surface area contributed by atoms with E-state index in [2.05, 4.69) is 9.82 Å². The van der Waals surface area contributed by atoms with Gasteiger partial charge in [-0.05, 0) is 30.0 Å². The Morgan fingerprint density at radius 1 is 1.04 bits per heavy atom. The molecule has 2 aromatic rings. The minimum absolute atomic E-state index is 0.320. The molecule has 1 N–H and O–H groups in total. The maximum Gasteiger partial charge on any atom is 0.279 e. The zero-order valence-electron chi connectivity index (χ0n) is 13.1. The summed E-state index contributed by atoms with van der Waals surface area (Å²) in [5.74, 6) is 0. The summed E-state index contributed by atoms with van der Waals surface area (Å²) in [4.78, 5) is 0. The lowest BCUT2D eigenvalue weighted by Crippen LogP contribution is -2.43. The molecule has 0 atom stereocenters. The van der Waals surface area contributed by atoms with Crippen molar-refractivity contribution in [3.8, 4) is 0 Å². The highest BCUT2D eigenvalue weighted by molar-refractivity contribution is 7.87. The number of benzene rings is 1. The summed E-state index contributed by atoms with van der Waals surface area (Å²) in [6.45, 7) is 2.28. The van der Waals surface area contributed by atoms with Gasteiger partial charge in [-0.25, -0.2) is 0 Å². The topological polar surface area (TPSA) is 67.2 Å². The summed E-state index contributed by atoms with van der Waals surface area (Å²) in [6, 6.07) is 9.82. The van der Waals surface area contributed by atoms with Gasteiger partial charge in [0, 0.05) is 32.0 Å². The van der Waals surface area contributed by atoms with Crippen LogP contribution in [0, 0.1) is 0 Å². The Kier molecular flexibility index (Phi) is 5.09. The Balaban J connectivity index is 1.55. The molecule has 0 bridgehead atoms. The van der Waals surface area contributed by atoms with Crippen LogP contribution in [0.1, 0.15) is 30.4 Å². The van der Waals surface area contributed by atoms with Crippen molar-refractivity contribution < 1.29 is 8.42 Å². The Labute approximate surface area is 137 Å². The molecular formula is C16H22N4O2S. The third-order valence-electron chi connectivity index (χ3n) is 4.04. The van der Waals surface area contributed by atoms with E-state index in [0.717, 1.165) is 30.4 Å². The zero-order valence-corrected chi connectivity index (χ0v) is 13.9. The van der Waals surface area contributed by atoms with Crippen LogP contribution in [0.15, 0.2) is 42.7 Å². The molecule has 1 saturated heterocycles. The highest BCUT2D eigenvalue weighted by atomic mass is 32.2. The number of rotatable bonds is 6. The monoisotopic (exact) mass is 334 g/mol. The van der Waals surface area contributed by atoms with Crippen LogP contribution in [0.3, 0.4) is 0 Å². The molecule has 6 nitrogen and oxygen atoms in total. The standard InChI is InChI=1S/C16H22N4O2S/c21-23(22,20-11-2-1-3-12-20)18-13-15-5-7-16(8-6-15)14-19-10-4-9-17-19/h4-10,18H,1-3,11-14H2. The molecule has 0 radical (unpaired) electrons. The predicted octanol–water partition coefficient (Wildman–Crippen LogP) is 1.75. The van der Waals surface area contributed by atoms with E-state index in [0.29, 0.717) is 26.2 Å². The quantitative estimate of drug-likeness (QED) is 0.875. The van der Waals surface area contributed by atoms with E-state index >= 15 is 0 Å². The van der Waals surface area contributed by atoms with Crippen LogP contribution < -0.4 is 4.72 Å². The summed E-state index contributed by atoms with van der Waals surface area (Å²) in [7, 11) is -3.36. The highest BCUT2D eigenvalue weighted by Crippen LogP contribution is 2.13. The van der Waals surface area contributed by atoms with E-state index in [-0.39, 0.29) is 0 Å². The average Bonchev–Trinajstić information content (AvgIpc) is 3.08. The van der Waals surface area contributed by atoms with Gasteiger partial charge in [0.1, 0.15) is 0 Å². The van der Waals surface area contributed by atoms with Crippen LogP contribution in [0.4, 0.5) is 0 Å². The van der Waals surface area contributed by atoms with Crippen LogP contribution in [-0.2, 0) is 23.3 Å². The second kappa shape index (κ2) is 7.25. The van der Waals surface area contributed by atoms with Gasteiger partial charge in [-0.15, -0.1) is 0 Å². The zero-order chi connectivity index (χ0) is 16.1. The smallest absolute Gasteiger partial charge is 0.268 e. The van der Waals surface area contributed by atoms with Gasteiger partial charge in [0.2, 0.25) is 0 Å². The Morgan fingerprint density at radius 3 is 2.39 bits per heavy atom. The molecule has 1 aliphatic heterocycles. The van der Waals surface area contributed by atoms with Gasteiger partial charge in [-0.2, -0.15) is 22.5 Å². The fraction of sp³-hybridized carbons (Fsp3) is 0.438. The molecule has 1 aliphatic rings. The van der Waals surface area contributed by atoms with E-state index < -0.39 is 10.2 Å². The lowest BCUT2D eigenvalue weighted by Gasteiger charge is -2.25. The average molecular weight is 334 g/mol. The van der Waals surface area contributed by atoms with Crippen molar-refractivity contribution in [2.24, 2.45) is 0 Å². The molecular weight excluding hydrogens is 312 g/mol. The number of aromatic nitrogens is 2. The molecule has 1 aromatic heterocycles. The summed E-state index contributed by atoms with van der Waals surface area (Å²) in [5.41, 5.74) is 2.09. The molecule has 2 heterocycles. The largest absolute Gasteiger partial charge is 0.279 e. The van der Waals surface area contributed by atoms with Gasteiger partial charge in [0.15, 0.2) is 0 Å². The SMILES string of the molecule is O=S(=O)(NCc1ccc(Cn2cccn2)cc1)N1CCCCC1. The molecule has 1 fully saturated rings. The van der Waals surface area contributed by atoms with Gasteiger partial charge in [-0.3, -0.25) is 4.68 Å². The first-order valence-electron chi connectivity index (χ1n) is 7.93. The maximum absolute atomic E-state index is 12.2. The number of hydrogen-bond acceptors (Lipinski definition) is 3. The van der Waals surface area contributed by atoms with Gasteiger partial charge in [-0.1, -0.05) is 30.7 Å². The van der Waals surface area contributed by atoms with E-state index in [1.807, 2.05) is 41.2 Å². The second-order valence-corrected chi connectivity index (χ2v) is 7.56. The molecule has 0 spiro atoms. The minimum atomic E-state index is -3.36. The van der Waals surface area contributed by atoms with E-state index in [4.69, 9.17) is 0 Å². The van der Waals surface area contributed by atoms with Gasteiger partial charge < -0.3 is 0 Å². The van der Waals surface area contributed by atoms with E-state index in [1.165, 1.54) is 0 Å². The van der Waals surface area contributed by atoms with Crippen molar-refractivity contribution in [3.05, 3.63) is 53.9 Å². The van der Waals surface area contributed by atoms with Crippen molar-refractivity contribution in [1.82, 2.24) is 18.8 Å². The first-order valence-corrected chi connectivity index (χ1v) is 9.37.